The van der Waals surface area contributed by atoms with Crippen LogP contribution < -0.4 is 0 Å². The van der Waals surface area contributed by atoms with Gasteiger partial charge in [-0.15, -0.1) is 0 Å². The van der Waals surface area contributed by atoms with Gasteiger partial charge in [0.15, 0.2) is 8.32 Å². The van der Waals surface area contributed by atoms with Crippen LogP contribution in [0.2, 0.25) is 18.1 Å². The molecule has 2 nitrogen and oxygen atoms in total. The van der Waals surface area contributed by atoms with Crippen molar-refractivity contribution in [3.8, 4) is 0 Å². The number of hydrogen-bond acceptors (Lipinski definition) is 2. The summed E-state index contributed by atoms with van der Waals surface area (Å²) in [4.78, 5) is 11.3. The molecule has 0 amide bonds. The van der Waals surface area contributed by atoms with Crippen molar-refractivity contribution < 1.29 is 9.22 Å². The lowest BCUT2D eigenvalue weighted by atomic mass is 9.62. The van der Waals surface area contributed by atoms with Crippen LogP contribution in [0.15, 0.2) is 0 Å². The van der Waals surface area contributed by atoms with E-state index in [4.69, 9.17) is 4.43 Å². The zero-order chi connectivity index (χ0) is 16.8. The number of fused-ring (bicyclic) bond motifs is 1. The Morgan fingerprint density at radius 2 is 1.86 bits per heavy atom. The summed E-state index contributed by atoms with van der Waals surface area (Å²) in [5.41, 5.74) is 0.311. The van der Waals surface area contributed by atoms with Gasteiger partial charge >= 0.3 is 0 Å². The maximum Gasteiger partial charge on any atom is 0.192 e. The predicted octanol–water partition coefficient (Wildman–Crippen LogP) is 5.43. The van der Waals surface area contributed by atoms with Crippen LogP contribution in [0.4, 0.5) is 0 Å². The van der Waals surface area contributed by atoms with Crippen LogP contribution in [0.25, 0.3) is 0 Å². The summed E-state index contributed by atoms with van der Waals surface area (Å²) in [6.45, 7) is 16.3. The number of carbonyl (C=O) groups is 1. The van der Waals surface area contributed by atoms with Gasteiger partial charge in [0, 0.05) is 12.0 Å². The first-order valence-corrected chi connectivity index (χ1v) is 12.1. The fourth-order valence-corrected chi connectivity index (χ4v) is 6.21. The molecular formula is C19H36O2Si. The lowest BCUT2D eigenvalue weighted by molar-refractivity contribution is -0.114. The van der Waals surface area contributed by atoms with Crippen LogP contribution in [-0.2, 0) is 9.22 Å². The topological polar surface area (TPSA) is 26.3 Å². The summed E-state index contributed by atoms with van der Waals surface area (Å²) in [6.07, 6.45) is 7.80. The fraction of sp³-hybridized carbons (Fsp3) is 0.947. The maximum atomic E-state index is 11.3. The van der Waals surface area contributed by atoms with Crippen LogP contribution >= 0.6 is 0 Å². The Hall–Kier alpha value is -0.153. The fourth-order valence-electron chi connectivity index (χ4n) is 4.81. The first-order chi connectivity index (χ1) is 10.0. The summed E-state index contributed by atoms with van der Waals surface area (Å²) < 4.78 is 6.83. The smallest absolute Gasteiger partial charge is 0.192 e. The van der Waals surface area contributed by atoms with E-state index in [9.17, 15) is 4.79 Å². The zero-order valence-corrected chi connectivity index (χ0v) is 16.7. The number of carbonyl (C=O) groups excluding carboxylic acids is 1. The number of hydrogen-bond donors (Lipinski definition) is 0. The molecule has 0 aromatic rings. The quantitative estimate of drug-likeness (QED) is 0.509. The van der Waals surface area contributed by atoms with E-state index >= 15 is 0 Å². The van der Waals surface area contributed by atoms with Gasteiger partial charge in [0.25, 0.3) is 0 Å². The first kappa shape index (κ1) is 18.2. The molecule has 0 aliphatic heterocycles. The predicted molar refractivity (Wildman–Crippen MR) is 95.5 cm³/mol. The minimum absolute atomic E-state index is 0.196. The van der Waals surface area contributed by atoms with Crippen LogP contribution in [0.1, 0.15) is 66.7 Å². The number of rotatable bonds is 4. The molecule has 0 saturated heterocycles. The highest BCUT2D eigenvalue weighted by Gasteiger charge is 2.54. The second kappa shape index (κ2) is 6.05. The van der Waals surface area contributed by atoms with Crippen molar-refractivity contribution in [3.63, 3.8) is 0 Å². The van der Waals surface area contributed by atoms with E-state index in [1.807, 2.05) is 0 Å². The Morgan fingerprint density at radius 3 is 2.41 bits per heavy atom. The monoisotopic (exact) mass is 324 g/mol. The summed E-state index contributed by atoms with van der Waals surface area (Å²) >= 11 is 0. The third-order valence-electron chi connectivity index (χ3n) is 7.24. The van der Waals surface area contributed by atoms with E-state index in [2.05, 4.69) is 47.7 Å². The van der Waals surface area contributed by atoms with Crippen molar-refractivity contribution >= 4 is 14.6 Å². The van der Waals surface area contributed by atoms with Crippen LogP contribution in [0, 0.1) is 23.2 Å². The van der Waals surface area contributed by atoms with E-state index in [0.717, 1.165) is 0 Å². The Bertz CT molecular complexity index is 412. The highest BCUT2D eigenvalue weighted by molar-refractivity contribution is 6.74. The summed E-state index contributed by atoms with van der Waals surface area (Å²) in [5.74, 6) is 1.41. The van der Waals surface area contributed by atoms with Gasteiger partial charge in [-0.05, 0) is 61.1 Å². The zero-order valence-electron chi connectivity index (χ0n) is 15.7. The van der Waals surface area contributed by atoms with Crippen LogP contribution in [-0.4, -0.2) is 20.7 Å². The average molecular weight is 325 g/mol. The molecule has 0 aromatic heterocycles. The summed E-state index contributed by atoms with van der Waals surface area (Å²) in [5, 5.41) is 0.273. The Kier molecular flexibility index (Phi) is 5.00. The largest absolute Gasteiger partial charge is 0.414 e. The molecule has 128 valence electrons. The molecule has 5 atom stereocenters. The Labute approximate surface area is 138 Å². The van der Waals surface area contributed by atoms with E-state index in [1.165, 1.54) is 38.4 Å². The molecule has 0 bridgehead atoms. The maximum absolute atomic E-state index is 11.3. The van der Waals surface area contributed by atoms with Gasteiger partial charge in [-0.2, -0.15) is 0 Å². The molecule has 2 aliphatic carbocycles. The average Bonchev–Trinajstić information content (AvgIpc) is 2.74. The van der Waals surface area contributed by atoms with E-state index < -0.39 is 8.32 Å². The molecule has 2 rings (SSSR count). The molecule has 2 saturated carbocycles. The first-order valence-electron chi connectivity index (χ1n) is 9.16. The van der Waals surface area contributed by atoms with Crippen LogP contribution in [0.5, 0.6) is 0 Å². The molecule has 3 heteroatoms. The second-order valence-corrected chi connectivity index (χ2v) is 14.4. The molecule has 0 spiro atoms. The molecule has 2 aliphatic rings. The van der Waals surface area contributed by atoms with Gasteiger partial charge in [-0.3, -0.25) is 0 Å². The Morgan fingerprint density at radius 1 is 1.23 bits per heavy atom. The van der Waals surface area contributed by atoms with Gasteiger partial charge in [-0.25, -0.2) is 0 Å². The summed E-state index contributed by atoms with van der Waals surface area (Å²) in [6, 6.07) is 0. The van der Waals surface area contributed by atoms with Crippen molar-refractivity contribution in [1.82, 2.24) is 0 Å². The molecule has 0 unspecified atom stereocenters. The van der Waals surface area contributed by atoms with Gasteiger partial charge < -0.3 is 9.22 Å². The molecule has 0 aromatic carbocycles. The van der Waals surface area contributed by atoms with Crippen LogP contribution in [0.3, 0.4) is 0 Å². The third-order valence-corrected chi connectivity index (χ3v) is 11.7. The molecule has 0 N–H and O–H groups in total. The van der Waals surface area contributed by atoms with E-state index in [0.29, 0.717) is 23.4 Å². The summed E-state index contributed by atoms with van der Waals surface area (Å²) in [7, 11) is -1.71. The van der Waals surface area contributed by atoms with Crippen molar-refractivity contribution in [1.29, 1.82) is 0 Å². The van der Waals surface area contributed by atoms with E-state index in [-0.39, 0.29) is 11.0 Å². The van der Waals surface area contributed by atoms with Gasteiger partial charge in [-0.1, -0.05) is 41.0 Å². The SMILES string of the molecule is C[C@@H](C=O)[C@H]1CC[C@H]2[C@@H](O[Si](C)(C)C(C)(C)C)CCC[C@]12C. The minimum Gasteiger partial charge on any atom is -0.414 e. The number of aldehydes is 1. The standard InChI is InChI=1S/C19H36O2Si/c1-14(13-20)15-10-11-16-17(9-8-12-19(15,16)5)21-22(6,7)18(2,3)4/h13-17H,8-12H2,1-7H3/t14-,15+,16-,17-,19+/m0/s1. The molecular weight excluding hydrogens is 288 g/mol. The Balaban J connectivity index is 2.18. The van der Waals surface area contributed by atoms with Crippen molar-refractivity contribution in [2.24, 2.45) is 23.2 Å². The van der Waals surface area contributed by atoms with Crippen molar-refractivity contribution in [2.45, 2.75) is 91.0 Å². The minimum atomic E-state index is -1.71. The molecule has 22 heavy (non-hydrogen) atoms. The lowest BCUT2D eigenvalue weighted by Gasteiger charge is -2.49. The normalized spacial score (nSPS) is 37.7. The van der Waals surface area contributed by atoms with Gasteiger partial charge in [0.1, 0.15) is 6.29 Å². The molecule has 0 heterocycles. The highest BCUT2D eigenvalue weighted by Crippen LogP contribution is 2.58. The van der Waals surface area contributed by atoms with Gasteiger partial charge in [0.05, 0.1) is 0 Å². The molecule has 2 fully saturated rings. The van der Waals surface area contributed by atoms with Gasteiger partial charge in [0.2, 0.25) is 0 Å². The highest BCUT2D eigenvalue weighted by atomic mass is 28.4. The lowest BCUT2D eigenvalue weighted by Crippen LogP contribution is -2.50. The molecule has 0 radical (unpaired) electrons. The van der Waals surface area contributed by atoms with Crippen molar-refractivity contribution in [2.75, 3.05) is 0 Å². The second-order valence-electron chi connectivity index (χ2n) is 9.60. The van der Waals surface area contributed by atoms with E-state index in [1.54, 1.807) is 0 Å². The van der Waals surface area contributed by atoms with Crippen molar-refractivity contribution in [3.05, 3.63) is 0 Å². The third kappa shape index (κ3) is 3.08.